The van der Waals surface area contributed by atoms with E-state index in [1.54, 1.807) is 0 Å². The Bertz CT molecular complexity index is 755. The van der Waals surface area contributed by atoms with Crippen LogP contribution < -0.4 is 5.32 Å². The van der Waals surface area contributed by atoms with E-state index in [1.165, 1.54) is 154 Å². The van der Waals surface area contributed by atoms with Crippen LogP contribution in [0.25, 0.3) is 0 Å². The van der Waals surface area contributed by atoms with E-state index in [0.717, 1.165) is 44.9 Å². The van der Waals surface area contributed by atoms with Crippen molar-refractivity contribution >= 4 is 17.8 Å². The van der Waals surface area contributed by atoms with Crippen molar-refractivity contribution < 1.29 is 23.9 Å². The summed E-state index contributed by atoms with van der Waals surface area (Å²) in [7, 11) is 0. The van der Waals surface area contributed by atoms with E-state index in [1.807, 2.05) is 0 Å². The summed E-state index contributed by atoms with van der Waals surface area (Å²) in [5.74, 6) is -0.593. The fourth-order valence-electron chi connectivity index (χ4n) is 6.48. The molecule has 0 fully saturated rings. The van der Waals surface area contributed by atoms with Crippen LogP contribution in [-0.2, 0) is 23.9 Å². The molecule has 1 atom stereocenters. The van der Waals surface area contributed by atoms with Crippen LogP contribution in [0.3, 0.4) is 0 Å². The van der Waals surface area contributed by atoms with Gasteiger partial charge in [-0.15, -0.1) is 0 Å². The van der Waals surface area contributed by atoms with Crippen LogP contribution in [0.15, 0.2) is 0 Å². The minimum atomic E-state index is -0.948. The molecule has 0 aliphatic heterocycles. The SMILES string of the molecule is CCCCCCCCCCCCCCCCCC(=O)NC(COC(=O)CCCCCCCCCCCCCCCCC)C(=O)OCCC(C)C. The van der Waals surface area contributed by atoms with E-state index in [4.69, 9.17) is 9.47 Å². The molecule has 1 N–H and O–H groups in total. The number of hydrogen-bond donors (Lipinski definition) is 1. The van der Waals surface area contributed by atoms with Crippen LogP contribution in [0.5, 0.6) is 0 Å². The lowest BCUT2D eigenvalue weighted by atomic mass is 10.0. The number of nitrogens with one attached hydrogen (secondary N) is 1. The highest BCUT2D eigenvalue weighted by Crippen LogP contribution is 2.15. The molecule has 0 aromatic rings. The molecule has 296 valence electrons. The Balaban J connectivity index is 4.04. The van der Waals surface area contributed by atoms with E-state index >= 15 is 0 Å². The first-order chi connectivity index (χ1) is 24.4. The van der Waals surface area contributed by atoms with Crippen molar-refractivity contribution in [2.45, 2.75) is 246 Å². The van der Waals surface area contributed by atoms with E-state index < -0.39 is 12.0 Å². The monoisotopic (exact) mass is 708 g/mol. The van der Waals surface area contributed by atoms with E-state index in [0.29, 0.717) is 25.4 Å². The number of carbonyl (C=O) groups is 3. The molecule has 50 heavy (non-hydrogen) atoms. The molecule has 0 spiro atoms. The number of rotatable bonds is 39. The molecule has 0 aromatic heterocycles. The van der Waals surface area contributed by atoms with Gasteiger partial charge in [0.2, 0.25) is 5.91 Å². The van der Waals surface area contributed by atoms with Gasteiger partial charge in [-0.05, 0) is 25.2 Å². The van der Waals surface area contributed by atoms with Gasteiger partial charge in [-0.25, -0.2) is 4.79 Å². The van der Waals surface area contributed by atoms with Crippen LogP contribution in [0.1, 0.15) is 240 Å². The highest BCUT2D eigenvalue weighted by atomic mass is 16.6. The first-order valence-electron chi connectivity index (χ1n) is 22.0. The highest BCUT2D eigenvalue weighted by Gasteiger charge is 2.24. The zero-order valence-corrected chi connectivity index (χ0v) is 33.9. The van der Waals surface area contributed by atoms with E-state index in [-0.39, 0.29) is 18.5 Å². The third kappa shape index (κ3) is 36.2. The molecule has 0 aliphatic carbocycles. The minimum Gasteiger partial charge on any atom is -0.464 e. The topological polar surface area (TPSA) is 81.7 Å². The summed E-state index contributed by atoms with van der Waals surface area (Å²) in [5, 5.41) is 2.79. The molecule has 0 aromatic carbocycles. The lowest BCUT2D eigenvalue weighted by molar-refractivity contribution is -0.154. The smallest absolute Gasteiger partial charge is 0.332 e. The highest BCUT2D eigenvalue weighted by molar-refractivity contribution is 5.84. The molecular weight excluding hydrogens is 622 g/mol. The Morgan fingerprint density at radius 3 is 1.16 bits per heavy atom. The lowest BCUT2D eigenvalue weighted by Gasteiger charge is -2.18. The summed E-state index contributed by atoms with van der Waals surface area (Å²) < 4.78 is 10.9. The van der Waals surface area contributed by atoms with Gasteiger partial charge in [0.1, 0.15) is 6.61 Å². The van der Waals surface area contributed by atoms with Gasteiger partial charge >= 0.3 is 11.9 Å². The van der Waals surface area contributed by atoms with Crippen molar-refractivity contribution in [2.75, 3.05) is 13.2 Å². The number of unbranched alkanes of at least 4 members (excludes halogenated alkanes) is 28. The van der Waals surface area contributed by atoms with Gasteiger partial charge in [0.25, 0.3) is 0 Å². The van der Waals surface area contributed by atoms with Gasteiger partial charge in [-0.3, -0.25) is 9.59 Å². The maximum Gasteiger partial charge on any atom is 0.332 e. The predicted molar refractivity (Wildman–Crippen MR) is 212 cm³/mol. The fraction of sp³-hybridized carbons (Fsp3) is 0.932. The summed E-state index contributed by atoms with van der Waals surface area (Å²) >= 11 is 0. The lowest BCUT2D eigenvalue weighted by Crippen LogP contribution is -2.45. The Kier molecular flexibility index (Phi) is 37.4. The Labute approximate surface area is 311 Å². The molecule has 6 nitrogen and oxygen atoms in total. The average Bonchev–Trinajstić information content (AvgIpc) is 3.09. The van der Waals surface area contributed by atoms with Crippen LogP contribution in [-0.4, -0.2) is 37.1 Å². The third-order valence-corrected chi connectivity index (χ3v) is 9.96. The average molecular weight is 708 g/mol. The third-order valence-electron chi connectivity index (χ3n) is 9.96. The molecule has 0 saturated carbocycles. The summed E-state index contributed by atoms with van der Waals surface area (Å²) in [5.41, 5.74) is 0. The largest absolute Gasteiger partial charge is 0.464 e. The number of amides is 1. The van der Waals surface area contributed by atoms with Crippen molar-refractivity contribution in [2.24, 2.45) is 5.92 Å². The quantitative estimate of drug-likeness (QED) is 0.0508. The maximum atomic E-state index is 12.8. The predicted octanol–water partition coefficient (Wildman–Crippen LogP) is 13.1. The molecule has 1 amide bonds. The van der Waals surface area contributed by atoms with E-state index in [9.17, 15) is 14.4 Å². The molecule has 0 radical (unpaired) electrons. The first-order valence-corrected chi connectivity index (χ1v) is 22.0. The van der Waals surface area contributed by atoms with Gasteiger partial charge < -0.3 is 14.8 Å². The first kappa shape index (κ1) is 48.4. The van der Waals surface area contributed by atoms with Gasteiger partial charge in [0.15, 0.2) is 6.04 Å². The Hall–Kier alpha value is -1.59. The van der Waals surface area contributed by atoms with Crippen molar-refractivity contribution in [3.05, 3.63) is 0 Å². The Morgan fingerprint density at radius 1 is 0.460 bits per heavy atom. The standard InChI is InChI=1S/C44H85NO5/c1-5-7-9-11-13-15-17-19-21-23-25-27-29-31-33-35-42(46)45-41(44(48)49-38-37-40(3)4)39-50-43(47)36-34-32-30-28-26-24-22-20-18-16-14-12-10-8-6-2/h40-41H,5-39H2,1-4H3,(H,45,46). The number of carbonyl (C=O) groups excluding carboxylic acids is 3. The number of hydrogen-bond acceptors (Lipinski definition) is 5. The molecule has 6 heteroatoms. The van der Waals surface area contributed by atoms with Gasteiger partial charge in [-0.1, -0.05) is 207 Å². The summed E-state index contributed by atoms with van der Waals surface area (Å²) in [6.45, 7) is 8.82. The second-order valence-corrected chi connectivity index (χ2v) is 15.6. The van der Waals surface area contributed by atoms with Gasteiger partial charge in [-0.2, -0.15) is 0 Å². The second-order valence-electron chi connectivity index (χ2n) is 15.6. The molecule has 0 bridgehead atoms. The normalized spacial score (nSPS) is 11.9. The summed E-state index contributed by atoms with van der Waals surface area (Å²) in [4.78, 5) is 37.9. The van der Waals surface area contributed by atoms with Crippen molar-refractivity contribution in [1.29, 1.82) is 0 Å². The van der Waals surface area contributed by atoms with E-state index in [2.05, 4.69) is 33.0 Å². The zero-order valence-electron chi connectivity index (χ0n) is 33.9. The van der Waals surface area contributed by atoms with Crippen molar-refractivity contribution in [1.82, 2.24) is 5.32 Å². The molecule has 0 saturated heterocycles. The van der Waals surface area contributed by atoms with Crippen LogP contribution in [0.2, 0.25) is 0 Å². The molecule has 0 rings (SSSR count). The minimum absolute atomic E-state index is 0.164. The van der Waals surface area contributed by atoms with Gasteiger partial charge in [0, 0.05) is 12.8 Å². The molecule has 0 heterocycles. The van der Waals surface area contributed by atoms with Crippen LogP contribution >= 0.6 is 0 Å². The zero-order chi connectivity index (χ0) is 36.8. The van der Waals surface area contributed by atoms with Gasteiger partial charge in [0.05, 0.1) is 6.61 Å². The second kappa shape index (κ2) is 38.6. The molecule has 0 aliphatic rings. The molecular formula is C44H85NO5. The summed E-state index contributed by atoms with van der Waals surface area (Å²) in [6, 6.07) is -0.948. The van der Waals surface area contributed by atoms with Crippen molar-refractivity contribution in [3.63, 3.8) is 0 Å². The number of esters is 2. The van der Waals surface area contributed by atoms with Crippen molar-refractivity contribution in [3.8, 4) is 0 Å². The summed E-state index contributed by atoms with van der Waals surface area (Å²) in [6.07, 6.45) is 39.8. The van der Waals surface area contributed by atoms with Crippen LogP contribution in [0, 0.1) is 5.92 Å². The number of ether oxygens (including phenoxy) is 2. The Morgan fingerprint density at radius 2 is 0.800 bits per heavy atom. The van der Waals surface area contributed by atoms with Crippen LogP contribution in [0.4, 0.5) is 0 Å². The molecule has 1 unspecified atom stereocenters. The maximum absolute atomic E-state index is 12.8. The fourth-order valence-corrected chi connectivity index (χ4v) is 6.48.